The van der Waals surface area contributed by atoms with Crippen molar-refractivity contribution in [3.8, 4) is 0 Å². The number of nitrogens with zero attached hydrogens (tertiary/aromatic N) is 1. The lowest BCUT2D eigenvalue weighted by Gasteiger charge is -2.32. The van der Waals surface area contributed by atoms with Gasteiger partial charge >= 0.3 is 6.03 Å². The zero-order valence-corrected chi connectivity index (χ0v) is 8.67. The van der Waals surface area contributed by atoms with E-state index in [1.807, 2.05) is 6.92 Å². The highest BCUT2D eigenvalue weighted by atomic mass is 16.2. The van der Waals surface area contributed by atoms with E-state index < -0.39 is 5.54 Å². The number of amides is 3. The third kappa shape index (κ3) is 1.13. The molecule has 1 aliphatic heterocycles. The highest BCUT2D eigenvalue weighted by Crippen LogP contribution is 2.31. The van der Waals surface area contributed by atoms with Crippen LogP contribution in [-0.4, -0.2) is 28.4 Å². The molecule has 3 amide bonds. The van der Waals surface area contributed by atoms with Crippen LogP contribution in [0.2, 0.25) is 0 Å². The molecule has 1 heterocycles. The average Bonchev–Trinajstić information content (AvgIpc) is 2.28. The van der Waals surface area contributed by atoms with Crippen LogP contribution in [0.1, 0.15) is 39.5 Å². The Bertz CT molecular complexity index is 286. The summed E-state index contributed by atoms with van der Waals surface area (Å²) in [5.41, 5.74) is -0.660. The fraction of sp³-hybridized carbons (Fsp3) is 0.800. The first kappa shape index (κ1) is 9.49. The summed E-state index contributed by atoms with van der Waals surface area (Å²) in [6, 6.07) is -0.0417. The second kappa shape index (κ2) is 2.97. The van der Waals surface area contributed by atoms with Gasteiger partial charge in [0.15, 0.2) is 0 Å². The van der Waals surface area contributed by atoms with Gasteiger partial charge in [-0.3, -0.25) is 9.69 Å². The topological polar surface area (TPSA) is 49.4 Å². The number of rotatable bonds is 2. The zero-order valence-electron chi connectivity index (χ0n) is 8.67. The van der Waals surface area contributed by atoms with E-state index in [9.17, 15) is 9.59 Å². The van der Waals surface area contributed by atoms with Gasteiger partial charge in [0.25, 0.3) is 5.91 Å². The van der Waals surface area contributed by atoms with Crippen LogP contribution in [0.25, 0.3) is 0 Å². The number of nitrogens with one attached hydrogen (secondary N) is 1. The number of urea groups is 1. The fourth-order valence-electron chi connectivity index (χ4n) is 1.92. The first-order valence-electron chi connectivity index (χ1n) is 5.24. The molecule has 0 spiro atoms. The first-order valence-corrected chi connectivity index (χ1v) is 5.24. The van der Waals surface area contributed by atoms with Gasteiger partial charge in [-0.1, -0.05) is 6.92 Å². The molecular formula is C10H16N2O2. The molecular weight excluding hydrogens is 180 g/mol. The molecule has 4 heteroatoms. The second-order valence-corrected chi connectivity index (χ2v) is 4.38. The maximum Gasteiger partial charge on any atom is 0.325 e. The monoisotopic (exact) mass is 196 g/mol. The van der Waals surface area contributed by atoms with Crippen LogP contribution < -0.4 is 5.32 Å². The quantitative estimate of drug-likeness (QED) is 0.676. The van der Waals surface area contributed by atoms with E-state index in [2.05, 4.69) is 5.32 Å². The summed E-state index contributed by atoms with van der Waals surface area (Å²) < 4.78 is 0. The summed E-state index contributed by atoms with van der Waals surface area (Å²) in [6.07, 6.45) is 3.73. The van der Waals surface area contributed by atoms with Crippen molar-refractivity contribution < 1.29 is 9.59 Å². The van der Waals surface area contributed by atoms with Crippen LogP contribution in [0.15, 0.2) is 0 Å². The first-order chi connectivity index (χ1) is 6.58. The molecule has 1 saturated carbocycles. The van der Waals surface area contributed by atoms with Gasteiger partial charge in [0, 0.05) is 6.04 Å². The lowest BCUT2D eigenvalue weighted by molar-refractivity contribution is -0.133. The molecule has 2 aliphatic rings. The SMILES string of the molecule is CCC1(C)NC(=O)N(C2CCC2)C1=O. The Morgan fingerprint density at radius 3 is 2.50 bits per heavy atom. The van der Waals surface area contributed by atoms with Gasteiger partial charge in [0.1, 0.15) is 5.54 Å². The smallest absolute Gasteiger partial charge is 0.323 e. The minimum absolute atomic E-state index is 0.0466. The van der Waals surface area contributed by atoms with Crippen molar-refractivity contribution in [2.45, 2.75) is 51.1 Å². The number of carbonyl (C=O) groups excluding carboxylic acids is 2. The maximum atomic E-state index is 11.9. The minimum atomic E-state index is -0.660. The summed E-state index contributed by atoms with van der Waals surface area (Å²) in [5.74, 6) is -0.0466. The van der Waals surface area contributed by atoms with Crippen molar-refractivity contribution in [1.29, 1.82) is 0 Å². The van der Waals surface area contributed by atoms with Crippen molar-refractivity contribution in [1.82, 2.24) is 10.2 Å². The molecule has 1 aliphatic carbocycles. The molecule has 0 radical (unpaired) electrons. The molecule has 78 valence electrons. The van der Waals surface area contributed by atoms with E-state index in [-0.39, 0.29) is 18.0 Å². The third-order valence-corrected chi connectivity index (χ3v) is 3.44. The van der Waals surface area contributed by atoms with E-state index in [0.29, 0.717) is 6.42 Å². The number of carbonyl (C=O) groups is 2. The third-order valence-electron chi connectivity index (χ3n) is 3.44. The van der Waals surface area contributed by atoms with E-state index in [4.69, 9.17) is 0 Å². The maximum absolute atomic E-state index is 11.9. The molecule has 0 aromatic rings. The largest absolute Gasteiger partial charge is 0.325 e. The van der Waals surface area contributed by atoms with Crippen molar-refractivity contribution in [2.75, 3.05) is 0 Å². The molecule has 0 aromatic carbocycles. The second-order valence-electron chi connectivity index (χ2n) is 4.38. The number of hydrogen-bond acceptors (Lipinski definition) is 2. The molecule has 14 heavy (non-hydrogen) atoms. The standard InChI is InChI=1S/C10H16N2O2/c1-3-10(2)8(13)12(9(14)11-10)7-5-4-6-7/h7H,3-6H2,1-2H3,(H,11,14). The van der Waals surface area contributed by atoms with Gasteiger partial charge in [0.2, 0.25) is 0 Å². The van der Waals surface area contributed by atoms with Crippen LogP contribution in [-0.2, 0) is 4.79 Å². The molecule has 1 unspecified atom stereocenters. The van der Waals surface area contributed by atoms with Gasteiger partial charge in [-0.05, 0) is 32.6 Å². The molecule has 1 N–H and O–H groups in total. The Hall–Kier alpha value is -1.06. The summed E-state index contributed by atoms with van der Waals surface area (Å²) >= 11 is 0. The Morgan fingerprint density at radius 1 is 1.50 bits per heavy atom. The molecule has 0 aromatic heterocycles. The zero-order chi connectivity index (χ0) is 10.3. The van der Waals surface area contributed by atoms with Crippen LogP contribution in [0, 0.1) is 0 Å². The lowest BCUT2D eigenvalue weighted by Crippen LogP contribution is -2.47. The predicted molar refractivity (Wildman–Crippen MR) is 51.7 cm³/mol. The number of imide groups is 1. The highest BCUT2D eigenvalue weighted by Gasteiger charge is 2.49. The van der Waals surface area contributed by atoms with Crippen molar-refractivity contribution in [3.63, 3.8) is 0 Å². The normalized spacial score (nSPS) is 33.1. The Morgan fingerprint density at radius 2 is 2.14 bits per heavy atom. The summed E-state index contributed by atoms with van der Waals surface area (Å²) in [6.45, 7) is 3.72. The lowest BCUT2D eigenvalue weighted by atomic mass is 9.90. The van der Waals surface area contributed by atoms with Crippen molar-refractivity contribution in [3.05, 3.63) is 0 Å². The van der Waals surface area contributed by atoms with Crippen LogP contribution in [0.4, 0.5) is 4.79 Å². The van der Waals surface area contributed by atoms with Crippen molar-refractivity contribution in [2.24, 2.45) is 0 Å². The van der Waals surface area contributed by atoms with Gasteiger partial charge in [-0.15, -0.1) is 0 Å². The molecule has 0 bridgehead atoms. The molecule has 1 saturated heterocycles. The fourth-order valence-corrected chi connectivity index (χ4v) is 1.92. The van der Waals surface area contributed by atoms with Crippen LogP contribution >= 0.6 is 0 Å². The molecule has 2 rings (SSSR count). The number of hydrogen-bond donors (Lipinski definition) is 1. The molecule has 4 nitrogen and oxygen atoms in total. The van der Waals surface area contributed by atoms with Gasteiger partial charge in [0.05, 0.1) is 0 Å². The van der Waals surface area contributed by atoms with Crippen molar-refractivity contribution >= 4 is 11.9 Å². The molecule has 2 fully saturated rings. The van der Waals surface area contributed by atoms with E-state index in [1.54, 1.807) is 6.92 Å². The minimum Gasteiger partial charge on any atom is -0.323 e. The van der Waals surface area contributed by atoms with E-state index >= 15 is 0 Å². The van der Waals surface area contributed by atoms with E-state index in [0.717, 1.165) is 19.3 Å². The van der Waals surface area contributed by atoms with Gasteiger partial charge in [-0.2, -0.15) is 0 Å². The highest BCUT2D eigenvalue weighted by molar-refractivity contribution is 6.07. The Labute approximate surface area is 83.6 Å². The summed E-state index contributed by atoms with van der Waals surface area (Å²) in [4.78, 5) is 25.0. The Balaban J connectivity index is 2.19. The average molecular weight is 196 g/mol. The Kier molecular flexibility index (Phi) is 2.01. The summed E-state index contributed by atoms with van der Waals surface area (Å²) in [7, 11) is 0. The van der Waals surface area contributed by atoms with Gasteiger partial charge in [-0.25, -0.2) is 4.79 Å². The van der Waals surface area contributed by atoms with Crippen LogP contribution in [0.3, 0.4) is 0 Å². The van der Waals surface area contributed by atoms with Gasteiger partial charge < -0.3 is 5.32 Å². The summed E-state index contributed by atoms with van der Waals surface area (Å²) in [5, 5.41) is 2.77. The predicted octanol–water partition coefficient (Wildman–Crippen LogP) is 1.26. The van der Waals surface area contributed by atoms with E-state index in [1.165, 1.54) is 4.90 Å². The molecule has 1 atom stereocenters. The van der Waals surface area contributed by atoms with Crippen LogP contribution in [0.5, 0.6) is 0 Å².